The van der Waals surface area contributed by atoms with Crippen LogP contribution in [0.3, 0.4) is 0 Å². The summed E-state index contributed by atoms with van der Waals surface area (Å²) in [5.41, 5.74) is 3.02. The second-order valence-corrected chi connectivity index (χ2v) is 6.45. The molecule has 136 valence electrons. The molecule has 2 aromatic rings. The number of amides is 2. The van der Waals surface area contributed by atoms with Crippen LogP contribution in [0.1, 0.15) is 36.5 Å². The smallest absolute Gasteiger partial charge is 0.309 e. The lowest BCUT2D eigenvalue weighted by atomic mass is 10.0. The van der Waals surface area contributed by atoms with Gasteiger partial charge in [-0.15, -0.1) is 0 Å². The fourth-order valence-electron chi connectivity index (χ4n) is 2.60. The van der Waals surface area contributed by atoms with E-state index in [0.29, 0.717) is 24.0 Å². The van der Waals surface area contributed by atoms with E-state index in [9.17, 15) is 9.59 Å². The Morgan fingerprint density at radius 1 is 0.885 bits per heavy atom. The molecule has 6 heteroatoms. The first-order valence-corrected chi connectivity index (χ1v) is 8.56. The molecule has 26 heavy (non-hydrogen) atoms. The van der Waals surface area contributed by atoms with Crippen molar-refractivity contribution in [1.29, 1.82) is 0 Å². The predicted molar refractivity (Wildman–Crippen MR) is 96.8 cm³/mol. The normalized spacial score (nSPS) is 12.1. The van der Waals surface area contributed by atoms with Crippen molar-refractivity contribution in [3.8, 4) is 11.5 Å². The molecule has 2 amide bonds. The molecule has 2 N–H and O–H groups in total. The van der Waals surface area contributed by atoms with Crippen LogP contribution in [0.4, 0.5) is 0 Å². The third kappa shape index (κ3) is 4.33. The van der Waals surface area contributed by atoms with Gasteiger partial charge in [0, 0.05) is 13.1 Å². The van der Waals surface area contributed by atoms with Crippen LogP contribution in [0.5, 0.6) is 11.5 Å². The van der Waals surface area contributed by atoms with Crippen molar-refractivity contribution in [1.82, 2.24) is 10.6 Å². The first-order valence-electron chi connectivity index (χ1n) is 8.56. The van der Waals surface area contributed by atoms with Crippen molar-refractivity contribution in [3.05, 3.63) is 59.2 Å². The third-order valence-corrected chi connectivity index (χ3v) is 4.20. The second kappa shape index (κ2) is 7.91. The minimum Gasteiger partial charge on any atom is -0.454 e. The molecule has 1 aliphatic rings. The van der Waals surface area contributed by atoms with Crippen molar-refractivity contribution in [2.45, 2.75) is 32.9 Å². The molecule has 0 aliphatic carbocycles. The Morgan fingerprint density at radius 3 is 2.12 bits per heavy atom. The number of hydrogen-bond donors (Lipinski definition) is 2. The third-order valence-electron chi connectivity index (χ3n) is 4.20. The van der Waals surface area contributed by atoms with Gasteiger partial charge < -0.3 is 20.1 Å². The Balaban J connectivity index is 1.46. The molecule has 0 radical (unpaired) electrons. The Labute approximate surface area is 152 Å². The van der Waals surface area contributed by atoms with Gasteiger partial charge in [-0.05, 0) is 34.7 Å². The predicted octanol–water partition coefficient (Wildman–Crippen LogP) is 2.47. The van der Waals surface area contributed by atoms with Gasteiger partial charge in [0.15, 0.2) is 11.5 Å². The minimum absolute atomic E-state index is 0.200. The number of carbonyl (C=O) groups excluding carboxylic acids is 2. The zero-order valence-corrected chi connectivity index (χ0v) is 14.9. The summed E-state index contributed by atoms with van der Waals surface area (Å²) >= 11 is 0. The summed E-state index contributed by atoms with van der Waals surface area (Å²) in [6, 6.07) is 13.4. The number of rotatable bonds is 5. The van der Waals surface area contributed by atoms with Gasteiger partial charge in [0.25, 0.3) is 0 Å². The van der Waals surface area contributed by atoms with Crippen LogP contribution in [0, 0.1) is 0 Å². The standard InChI is InChI=1S/C20H22N2O4/c1-13(2)16-6-3-14(4-7-16)10-21-19(23)20(24)22-11-15-5-8-17-18(9-15)26-12-25-17/h3-9,13H,10-12H2,1-2H3,(H,21,23)(H,22,24). The Kier molecular flexibility index (Phi) is 5.41. The maximum absolute atomic E-state index is 11.9. The minimum atomic E-state index is -0.665. The molecule has 0 atom stereocenters. The Hall–Kier alpha value is -3.02. The quantitative estimate of drug-likeness (QED) is 0.809. The Morgan fingerprint density at radius 2 is 1.46 bits per heavy atom. The SMILES string of the molecule is CC(C)c1ccc(CNC(=O)C(=O)NCc2ccc3c(c2)OCO3)cc1. The summed E-state index contributed by atoms with van der Waals surface area (Å²) in [6.45, 7) is 5.01. The van der Waals surface area contributed by atoms with Crippen molar-refractivity contribution in [2.24, 2.45) is 0 Å². The van der Waals surface area contributed by atoms with E-state index in [2.05, 4.69) is 24.5 Å². The van der Waals surface area contributed by atoms with E-state index in [4.69, 9.17) is 9.47 Å². The summed E-state index contributed by atoms with van der Waals surface area (Å²) in [5, 5.41) is 5.23. The van der Waals surface area contributed by atoms with Gasteiger partial charge in [0.2, 0.25) is 6.79 Å². The fraction of sp³-hybridized carbons (Fsp3) is 0.300. The topological polar surface area (TPSA) is 76.7 Å². The second-order valence-electron chi connectivity index (χ2n) is 6.45. The summed E-state index contributed by atoms with van der Waals surface area (Å²) in [7, 11) is 0. The van der Waals surface area contributed by atoms with Crippen molar-refractivity contribution >= 4 is 11.8 Å². The number of hydrogen-bond acceptors (Lipinski definition) is 4. The van der Waals surface area contributed by atoms with Gasteiger partial charge in [-0.25, -0.2) is 0 Å². The molecule has 1 heterocycles. The van der Waals surface area contributed by atoms with Crippen LogP contribution >= 0.6 is 0 Å². The van der Waals surface area contributed by atoms with Crippen LogP contribution in [-0.2, 0) is 22.7 Å². The van der Waals surface area contributed by atoms with Crippen LogP contribution in [-0.4, -0.2) is 18.6 Å². The van der Waals surface area contributed by atoms with E-state index in [1.54, 1.807) is 12.1 Å². The number of fused-ring (bicyclic) bond motifs is 1. The Bertz CT molecular complexity index is 800. The fourth-order valence-corrected chi connectivity index (χ4v) is 2.60. The maximum atomic E-state index is 11.9. The molecule has 0 aromatic heterocycles. The molecule has 2 aromatic carbocycles. The number of ether oxygens (including phenoxy) is 2. The summed E-state index contributed by atoms with van der Waals surface area (Å²) < 4.78 is 10.5. The highest BCUT2D eigenvalue weighted by Gasteiger charge is 2.15. The lowest BCUT2D eigenvalue weighted by molar-refractivity contribution is -0.139. The first kappa shape index (κ1) is 17.8. The molecule has 0 fully saturated rings. The van der Waals surface area contributed by atoms with E-state index >= 15 is 0 Å². The molecule has 3 rings (SSSR count). The van der Waals surface area contributed by atoms with Crippen molar-refractivity contribution in [3.63, 3.8) is 0 Å². The van der Waals surface area contributed by atoms with Gasteiger partial charge in [0.05, 0.1) is 0 Å². The van der Waals surface area contributed by atoms with Crippen LogP contribution in [0.15, 0.2) is 42.5 Å². The van der Waals surface area contributed by atoms with E-state index in [-0.39, 0.29) is 13.3 Å². The molecule has 0 unspecified atom stereocenters. The van der Waals surface area contributed by atoms with Crippen LogP contribution < -0.4 is 20.1 Å². The highest BCUT2D eigenvalue weighted by Crippen LogP contribution is 2.32. The summed E-state index contributed by atoms with van der Waals surface area (Å²) in [4.78, 5) is 23.9. The maximum Gasteiger partial charge on any atom is 0.309 e. The molecular formula is C20H22N2O4. The molecular weight excluding hydrogens is 332 g/mol. The average Bonchev–Trinajstić information content (AvgIpc) is 3.12. The van der Waals surface area contributed by atoms with Crippen LogP contribution in [0.25, 0.3) is 0 Å². The lowest BCUT2D eigenvalue weighted by Gasteiger charge is -2.09. The van der Waals surface area contributed by atoms with E-state index in [1.807, 2.05) is 30.3 Å². The number of carbonyl (C=O) groups is 2. The van der Waals surface area contributed by atoms with Gasteiger partial charge >= 0.3 is 11.8 Å². The van der Waals surface area contributed by atoms with E-state index < -0.39 is 11.8 Å². The van der Waals surface area contributed by atoms with E-state index in [0.717, 1.165) is 11.1 Å². The van der Waals surface area contributed by atoms with Gasteiger partial charge in [-0.1, -0.05) is 44.2 Å². The largest absolute Gasteiger partial charge is 0.454 e. The molecule has 0 saturated heterocycles. The van der Waals surface area contributed by atoms with Crippen molar-refractivity contribution in [2.75, 3.05) is 6.79 Å². The van der Waals surface area contributed by atoms with Gasteiger partial charge in [-0.3, -0.25) is 9.59 Å². The summed E-state index contributed by atoms with van der Waals surface area (Å²) in [5.74, 6) is 0.466. The molecule has 6 nitrogen and oxygen atoms in total. The first-order chi connectivity index (χ1) is 12.5. The highest BCUT2D eigenvalue weighted by atomic mass is 16.7. The lowest BCUT2D eigenvalue weighted by Crippen LogP contribution is -2.39. The zero-order valence-electron chi connectivity index (χ0n) is 14.9. The number of nitrogens with one attached hydrogen (secondary N) is 2. The summed E-state index contributed by atoms with van der Waals surface area (Å²) in [6.07, 6.45) is 0. The van der Waals surface area contributed by atoms with E-state index in [1.165, 1.54) is 5.56 Å². The van der Waals surface area contributed by atoms with Crippen molar-refractivity contribution < 1.29 is 19.1 Å². The van der Waals surface area contributed by atoms with Gasteiger partial charge in [-0.2, -0.15) is 0 Å². The van der Waals surface area contributed by atoms with Crippen LogP contribution in [0.2, 0.25) is 0 Å². The molecule has 0 bridgehead atoms. The molecule has 0 saturated carbocycles. The average molecular weight is 354 g/mol. The number of benzene rings is 2. The monoisotopic (exact) mass is 354 g/mol. The molecule has 0 spiro atoms. The van der Waals surface area contributed by atoms with Gasteiger partial charge in [0.1, 0.15) is 0 Å². The zero-order chi connectivity index (χ0) is 18.5. The molecule has 1 aliphatic heterocycles. The highest BCUT2D eigenvalue weighted by molar-refractivity contribution is 6.35.